The Balaban J connectivity index is 1.95. The normalized spacial score (nSPS) is 18.0. The third-order valence-corrected chi connectivity index (χ3v) is 5.80. The van der Waals surface area contributed by atoms with Crippen molar-refractivity contribution in [3.63, 3.8) is 0 Å². The second-order valence-electron chi connectivity index (χ2n) is 5.76. The number of rotatable bonds is 6. The SMILES string of the molecule is COc1ccc(CCC(=O)N2CCC(S(C)(=O)=O)C2)c(OC)c1. The molecule has 1 aromatic carbocycles. The molecule has 1 aliphatic heterocycles. The van der Waals surface area contributed by atoms with Crippen molar-refractivity contribution >= 4 is 15.7 Å². The molecule has 0 saturated carbocycles. The Morgan fingerprint density at radius 3 is 2.61 bits per heavy atom. The van der Waals surface area contributed by atoms with Gasteiger partial charge in [0, 0.05) is 31.8 Å². The summed E-state index contributed by atoms with van der Waals surface area (Å²) in [4.78, 5) is 13.9. The van der Waals surface area contributed by atoms with E-state index in [0.717, 1.165) is 5.56 Å². The number of aryl methyl sites for hydroxylation is 1. The van der Waals surface area contributed by atoms with Gasteiger partial charge in [-0.25, -0.2) is 8.42 Å². The molecule has 1 aromatic rings. The van der Waals surface area contributed by atoms with Crippen molar-refractivity contribution in [2.45, 2.75) is 24.5 Å². The highest BCUT2D eigenvalue weighted by Crippen LogP contribution is 2.26. The molecular weight excluding hydrogens is 318 g/mol. The third-order valence-electron chi connectivity index (χ3n) is 4.21. The summed E-state index contributed by atoms with van der Waals surface area (Å²) in [6.07, 6.45) is 2.63. The minimum Gasteiger partial charge on any atom is -0.497 e. The monoisotopic (exact) mass is 341 g/mol. The minimum atomic E-state index is -3.08. The molecule has 1 saturated heterocycles. The molecule has 2 rings (SSSR count). The van der Waals surface area contributed by atoms with E-state index in [4.69, 9.17) is 9.47 Å². The van der Waals surface area contributed by atoms with E-state index in [0.29, 0.717) is 43.9 Å². The Morgan fingerprint density at radius 2 is 2.04 bits per heavy atom. The van der Waals surface area contributed by atoms with Crippen LogP contribution in [0.2, 0.25) is 0 Å². The molecule has 23 heavy (non-hydrogen) atoms. The topological polar surface area (TPSA) is 72.9 Å². The summed E-state index contributed by atoms with van der Waals surface area (Å²) in [5.41, 5.74) is 0.931. The first-order chi connectivity index (χ1) is 10.8. The highest BCUT2D eigenvalue weighted by molar-refractivity contribution is 7.91. The van der Waals surface area contributed by atoms with Gasteiger partial charge >= 0.3 is 0 Å². The smallest absolute Gasteiger partial charge is 0.222 e. The number of hydrogen-bond acceptors (Lipinski definition) is 5. The van der Waals surface area contributed by atoms with Gasteiger partial charge in [-0.1, -0.05) is 6.07 Å². The fraction of sp³-hybridized carbons (Fsp3) is 0.562. The summed E-state index contributed by atoms with van der Waals surface area (Å²) < 4.78 is 33.6. The lowest BCUT2D eigenvalue weighted by molar-refractivity contribution is -0.130. The summed E-state index contributed by atoms with van der Waals surface area (Å²) in [5, 5.41) is -0.429. The summed E-state index contributed by atoms with van der Waals surface area (Å²) in [6, 6.07) is 5.50. The second-order valence-corrected chi connectivity index (χ2v) is 8.08. The molecule has 1 amide bonds. The van der Waals surface area contributed by atoms with Crippen LogP contribution in [0.3, 0.4) is 0 Å². The molecular formula is C16H23NO5S. The van der Waals surface area contributed by atoms with Crippen LogP contribution in [-0.2, 0) is 21.1 Å². The standard InChI is InChI=1S/C16H23NO5S/c1-21-13-6-4-12(15(10-13)22-2)5-7-16(18)17-9-8-14(11-17)23(3,19)20/h4,6,10,14H,5,7-9,11H2,1-3H3. The van der Waals surface area contributed by atoms with E-state index in [2.05, 4.69) is 0 Å². The van der Waals surface area contributed by atoms with Crippen molar-refractivity contribution in [2.75, 3.05) is 33.6 Å². The van der Waals surface area contributed by atoms with Gasteiger partial charge in [0.1, 0.15) is 11.5 Å². The molecule has 0 N–H and O–H groups in total. The van der Waals surface area contributed by atoms with Crippen LogP contribution in [0, 0.1) is 0 Å². The lowest BCUT2D eigenvalue weighted by Gasteiger charge is -2.17. The fourth-order valence-electron chi connectivity index (χ4n) is 2.76. The number of carbonyl (C=O) groups excluding carboxylic acids is 1. The third kappa shape index (κ3) is 4.37. The number of amides is 1. The van der Waals surface area contributed by atoms with Crippen molar-refractivity contribution in [3.05, 3.63) is 23.8 Å². The molecule has 0 spiro atoms. The average molecular weight is 341 g/mol. The van der Waals surface area contributed by atoms with Crippen LogP contribution in [0.25, 0.3) is 0 Å². The van der Waals surface area contributed by atoms with Gasteiger partial charge in [-0.15, -0.1) is 0 Å². The fourth-order valence-corrected chi connectivity index (χ4v) is 3.75. The number of methoxy groups -OCH3 is 2. The Kier molecular flexibility index (Phi) is 5.51. The number of sulfone groups is 1. The van der Waals surface area contributed by atoms with Gasteiger partial charge < -0.3 is 14.4 Å². The summed E-state index contributed by atoms with van der Waals surface area (Å²) in [6.45, 7) is 0.813. The van der Waals surface area contributed by atoms with E-state index >= 15 is 0 Å². The summed E-state index contributed by atoms with van der Waals surface area (Å²) in [5.74, 6) is 1.37. The van der Waals surface area contributed by atoms with Crippen LogP contribution < -0.4 is 9.47 Å². The van der Waals surface area contributed by atoms with Crippen molar-refractivity contribution in [2.24, 2.45) is 0 Å². The zero-order valence-electron chi connectivity index (χ0n) is 13.7. The lowest BCUT2D eigenvalue weighted by atomic mass is 10.1. The Morgan fingerprint density at radius 1 is 1.30 bits per heavy atom. The van der Waals surface area contributed by atoms with Gasteiger partial charge in [-0.05, 0) is 24.5 Å². The van der Waals surface area contributed by atoms with Crippen LogP contribution in [-0.4, -0.2) is 58.0 Å². The molecule has 1 unspecified atom stereocenters. The van der Waals surface area contributed by atoms with Crippen molar-refractivity contribution in [1.82, 2.24) is 4.90 Å². The van der Waals surface area contributed by atoms with E-state index in [1.807, 2.05) is 12.1 Å². The number of carbonyl (C=O) groups is 1. The van der Waals surface area contributed by atoms with Crippen molar-refractivity contribution in [3.8, 4) is 11.5 Å². The first kappa shape index (κ1) is 17.6. The number of nitrogens with zero attached hydrogens (tertiary/aromatic N) is 1. The predicted octanol–water partition coefficient (Wildman–Crippen LogP) is 1.28. The Hall–Kier alpha value is -1.76. The quantitative estimate of drug-likeness (QED) is 0.779. The Bertz CT molecular complexity index is 671. The van der Waals surface area contributed by atoms with Crippen LogP contribution >= 0.6 is 0 Å². The van der Waals surface area contributed by atoms with Crippen LogP contribution in [0.15, 0.2) is 18.2 Å². The number of ether oxygens (including phenoxy) is 2. The number of benzene rings is 1. The molecule has 1 atom stereocenters. The average Bonchev–Trinajstić information content (AvgIpc) is 3.02. The van der Waals surface area contributed by atoms with Crippen LogP contribution in [0.5, 0.6) is 11.5 Å². The van der Waals surface area contributed by atoms with Crippen molar-refractivity contribution < 1.29 is 22.7 Å². The van der Waals surface area contributed by atoms with Crippen LogP contribution in [0.1, 0.15) is 18.4 Å². The molecule has 0 aliphatic carbocycles. The van der Waals surface area contributed by atoms with E-state index in [9.17, 15) is 13.2 Å². The summed E-state index contributed by atoms with van der Waals surface area (Å²) >= 11 is 0. The highest BCUT2D eigenvalue weighted by Gasteiger charge is 2.32. The van der Waals surface area contributed by atoms with Crippen LogP contribution in [0.4, 0.5) is 0 Å². The van der Waals surface area contributed by atoms with E-state index in [1.165, 1.54) is 6.26 Å². The molecule has 1 fully saturated rings. The van der Waals surface area contributed by atoms with E-state index in [1.54, 1.807) is 25.2 Å². The van der Waals surface area contributed by atoms with Crippen molar-refractivity contribution in [1.29, 1.82) is 0 Å². The van der Waals surface area contributed by atoms with Gasteiger partial charge in [-0.2, -0.15) is 0 Å². The first-order valence-corrected chi connectivity index (χ1v) is 9.48. The van der Waals surface area contributed by atoms with Gasteiger partial charge in [0.25, 0.3) is 0 Å². The maximum Gasteiger partial charge on any atom is 0.222 e. The maximum absolute atomic E-state index is 12.3. The van der Waals surface area contributed by atoms with E-state index < -0.39 is 15.1 Å². The van der Waals surface area contributed by atoms with E-state index in [-0.39, 0.29) is 5.91 Å². The zero-order chi connectivity index (χ0) is 17.0. The highest BCUT2D eigenvalue weighted by atomic mass is 32.2. The minimum absolute atomic E-state index is 0.0194. The molecule has 0 aromatic heterocycles. The van der Waals surface area contributed by atoms with Gasteiger partial charge in [0.05, 0.1) is 19.5 Å². The van der Waals surface area contributed by atoms with Gasteiger partial charge in [0.15, 0.2) is 9.84 Å². The molecule has 128 valence electrons. The number of hydrogen-bond donors (Lipinski definition) is 0. The molecule has 6 nitrogen and oxygen atoms in total. The molecule has 1 aliphatic rings. The van der Waals surface area contributed by atoms with Gasteiger partial charge in [0.2, 0.25) is 5.91 Å². The first-order valence-electron chi connectivity index (χ1n) is 7.52. The second kappa shape index (κ2) is 7.21. The molecule has 0 radical (unpaired) electrons. The number of likely N-dealkylation sites (tertiary alicyclic amines) is 1. The molecule has 1 heterocycles. The van der Waals surface area contributed by atoms with Gasteiger partial charge in [-0.3, -0.25) is 4.79 Å². The lowest BCUT2D eigenvalue weighted by Crippen LogP contribution is -2.31. The predicted molar refractivity (Wildman–Crippen MR) is 87.7 cm³/mol. The largest absolute Gasteiger partial charge is 0.497 e. The maximum atomic E-state index is 12.3. The summed E-state index contributed by atoms with van der Waals surface area (Å²) in [7, 11) is 0.0852. The Labute approximate surface area is 137 Å². The zero-order valence-corrected chi connectivity index (χ0v) is 14.6. The molecule has 7 heteroatoms. The molecule has 0 bridgehead atoms.